The Kier molecular flexibility index (Phi) is 16.8. The Hall–Kier alpha value is -0.730. The van der Waals surface area contributed by atoms with Crippen molar-refractivity contribution in [2.45, 2.75) is 109 Å². The Labute approximate surface area is 175 Å². The van der Waals surface area contributed by atoms with Crippen molar-refractivity contribution in [1.29, 1.82) is 0 Å². The summed E-state index contributed by atoms with van der Waals surface area (Å²) in [5, 5.41) is 0. The van der Waals surface area contributed by atoms with Crippen LogP contribution in [0.4, 0.5) is 0 Å². The van der Waals surface area contributed by atoms with Gasteiger partial charge in [-0.1, -0.05) is 120 Å². The van der Waals surface area contributed by atoms with Crippen LogP contribution in [0, 0.1) is 0 Å². The van der Waals surface area contributed by atoms with Crippen LogP contribution in [0.15, 0.2) is 42.5 Å². The molecular formula is C25H43NS. The van der Waals surface area contributed by atoms with E-state index in [9.17, 15) is 0 Å². The van der Waals surface area contributed by atoms with Gasteiger partial charge in [0.15, 0.2) is 0 Å². The van der Waals surface area contributed by atoms with Gasteiger partial charge in [0.1, 0.15) is 0 Å². The van der Waals surface area contributed by atoms with Gasteiger partial charge in [0.05, 0.1) is 0 Å². The van der Waals surface area contributed by atoms with E-state index in [0.717, 1.165) is 6.42 Å². The molecule has 0 fully saturated rings. The van der Waals surface area contributed by atoms with Crippen molar-refractivity contribution in [3.63, 3.8) is 0 Å². The maximum atomic E-state index is 4.32. The topological polar surface area (TPSA) is 12.0 Å². The van der Waals surface area contributed by atoms with Crippen molar-refractivity contribution in [3.05, 3.63) is 48.0 Å². The normalized spacial score (nSPS) is 12.7. The number of benzene rings is 1. The molecule has 1 aromatic carbocycles. The molecule has 0 saturated carbocycles. The third-order valence-electron chi connectivity index (χ3n) is 5.32. The fraction of sp³-hybridized carbons (Fsp3) is 0.680. The highest BCUT2D eigenvalue weighted by atomic mass is 32.1. The highest BCUT2D eigenvalue weighted by Crippen LogP contribution is 2.13. The summed E-state index contributed by atoms with van der Waals surface area (Å²) in [5.74, 6) is 0. The van der Waals surface area contributed by atoms with Gasteiger partial charge in [-0.15, -0.1) is 0 Å². The fourth-order valence-electron chi connectivity index (χ4n) is 3.57. The predicted octanol–water partition coefficient (Wildman–Crippen LogP) is 8.07. The minimum atomic E-state index is 0.487. The molecule has 1 rings (SSSR count). The second-order valence-electron chi connectivity index (χ2n) is 7.89. The molecule has 1 atom stereocenters. The van der Waals surface area contributed by atoms with Gasteiger partial charge in [-0.2, -0.15) is 0 Å². The predicted molar refractivity (Wildman–Crippen MR) is 126 cm³/mol. The van der Waals surface area contributed by atoms with Crippen LogP contribution in [0.3, 0.4) is 0 Å². The van der Waals surface area contributed by atoms with Gasteiger partial charge in [0.25, 0.3) is 0 Å². The molecule has 0 radical (unpaired) electrons. The number of rotatable bonds is 18. The maximum absolute atomic E-state index is 4.32. The first-order valence-electron chi connectivity index (χ1n) is 11.4. The third kappa shape index (κ3) is 14.9. The number of allylic oxidation sites excluding steroid dienone is 2. The Balaban J connectivity index is 1.88. The average Bonchev–Trinajstić information content (AvgIpc) is 2.70. The summed E-state index contributed by atoms with van der Waals surface area (Å²) in [7, 11) is 0. The molecule has 0 heterocycles. The van der Waals surface area contributed by atoms with Crippen LogP contribution < -0.4 is 4.72 Å². The Morgan fingerprint density at radius 2 is 1.33 bits per heavy atom. The Morgan fingerprint density at radius 1 is 0.778 bits per heavy atom. The molecule has 0 aliphatic carbocycles. The van der Waals surface area contributed by atoms with E-state index in [0.29, 0.717) is 6.04 Å². The van der Waals surface area contributed by atoms with Crippen molar-refractivity contribution in [3.8, 4) is 0 Å². The standard InChI is InChI=1S/C25H43NS/c1-2-3-4-5-6-7-8-9-10-11-12-13-14-15-19-22-25(26-27)23-24-20-17-16-18-21-24/h9-10,16-18,20-21,25-27H,2-8,11-15,19,22-23H2,1H3/b10-9-. The molecule has 2 heteroatoms. The van der Waals surface area contributed by atoms with Crippen LogP contribution in [-0.4, -0.2) is 6.04 Å². The lowest BCUT2D eigenvalue weighted by molar-refractivity contribution is 0.517. The van der Waals surface area contributed by atoms with Gasteiger partial charge < -0.3 is 0 Å². The molecule has 0 saturated heterocycles. The molecule has 154 valence electrons. The van der Waals surface area contributed by atoms with E-state index in [4.69, 9.17) is 0 Å². The van der Waals surface area contributed by atoms with Gasteiger partial charge in [0, 0.05) is 6.04 Å². The number of hydrogen-bond acceptors (Lipinski definition) is 2. The van der Waals surface area contributed by atoms with E-state index >= 15 is 0 Å². The quantitative estimate of drug-likeness (QED) is 0.147. The van der Waals surface area contributed by atoms with Crippen molar-refractivity contribution < 1.29 is 0 Å². The zero-order valence-corrected chi connectivity index (χ0v) is 18.6. The number of hydrogen-bond donors (Lipinski definition) is 2. The van der Waals surface area contributed by atoms with E-state index in [1.54, 1.807) is 0 Å². The molecule has 27 heavy (non-hydrogen) atoms. The van der Waals surface area contributed by atoms with Gasteiger partial charge >= 0.3 is 0 Å². The third-order valence-corrected chi connectivity index (χ3v) is 5.69. The first-order valence-corrected chi connectivity index (χ1v) is 11.9. The first-order chi connectivity index (χ1) is 13.4. The highest BCUT2D eigenvalue weighted by Gasteiger charge is 2.07. The molecule has 0 spiro atoms. The maximum Gasteiger partial charge on any atom is 0.0209 e. The van der Waals surface area contributed by atoms with Crippen molar-refractivity contribution in [2.24, 2.45) is 0 Å². The summed E-state index contributed by atoms with van der Waals surface area (Å²) in [6.45, 7) is 2.28. The van der Waals surface area contributed by atoms with Crippen molar-refractivity contribution in [2.75, 3.05) is 0 Å². The van der Waals surface area contributed by atoms with Crippen molar-refractivity contribution in [1.82, 2.24) is 4.72 Å². The lowest BCUT2D eigenvalue weighted by Crippen LogP contribution is -2.23. The lowest BCUT2D eigenvalue weighted by Gasteiger charge is -2.15. The van der Waals surface area contributed by atoms with E-state index in [-0.39, 0.29) is 0 Å². The molecule has 0 bridgehead atoms. The fourth-order valence-corrected chi connectivity index (χ4v) is 3.79. The summed E-state index contributed by atoms with van der Waals surface area (Å²) in [6, 6.07) is 11.2. The summed E-state index contributed by atoms with van der Waals surface area (Å²) in [5.41, 5.74) is 1.40. The minimum absolute atomic E-state index is 0.487. The van der Waals surface area contributed by atoms with E-state index < -0.39 is 0 Å². The van der Waals surface area contributed by atoms with Gasteiger partial charge in [-0.3, -0.25) is 4.72 Å². The van der Waals surface area contributed by atoms with Crippen LogP contribution >= 0.6 is 12.8 Å². The Bertz CT molecular complexity index is 443. The summed E-state index contributed by atoms with van der Waals surface area (Å²) in [4.78, 5) is 0. The van der Waals surface area contributed by atoms with E-state index in [2.05, 4.69) is 66.9 Å². The molecule has 0 aliphatic heterocycles. The molecule has 1 nitrogen and oxygen atoms in total. The monoisotopic (exact) mass is 389 g/mol. The SMILES string of the molecule is CCCCCCCC/C=C\CCCCCCCC(Cc1ccccc1)NS. The second kappa shape index (κ2) is 18.6. The first kappa shape index (κ1) is 24.3. The number of unbranched alkanes of at least 4 members (excludes halogenated alkanes) is 11. The summed E-state index contributed by atoms with van der Waals surface area (Å²) in [6.07, 6.45) is 24.8. The summed E-state index contributed by atoms with van der Waals surface area (Å²) < 4.78 is 3.19. The lowest BCUT2D eigenvalue weighted by atomic mass is 10.0. The molecule has 1 unspecified atom stereocenters. The van der Waals surface area contributed by atoms with Crippen LogP contribution in [-0.2, 0) is 6.42 Å². The Morgan fingerprint density at radius 3 is 1.93 bits per heavy atom. The summed E-state index contributed by atoms with van der Waals surface area (Å²) >= 11 is 4.32. The van der Waals surface area contributed by atoms with Crippen molar-refractivity contribution >= 4 is 12.8 Å². The molecular weight excluding hydrogens is 346 g/mol. The smallest absolute Gasteiger partial charge is 0.0209 e. The molecule has 1 N–H and O–H groups in total. The zero-order chi connectivity index (χ0) is 19.4. The van der Waals surface area contributed by atoms with Crippen LogP contribution in [0.25, 0.3) is 0 Å². The molecule has 1 aromatic rings. The number of nitrogens with one attached hydrogen (secondary N) is 1. The molecule has 0 aliphatic rings. The van der Waals surface area contributed by atoms with Gasteiger partial charge in [-0.05, 0) is 44.1 Å². The van der Waals surface area contributed by atoms with E-state index in [1.165, 1.54) is 95.5 Å². The van der Waals surface area contributed by atoms with Crippen LogP contribution in [0.5, 0.6) is 0 Å². The van der Waals surface area contributed by atoms with Crippen LogP contribution in [0.2, 0.25) is 0 Å². The largest absolute Gasteiger partial charge is 0.263 e. The zero-order valence-electron chi connectivity index (χ0n) is 17.7. The van der Waals surface area contributed by atoms with Gasteiger partial charge in [0.2, 0.25) is 0 Å². The van der Waals surface area contributed by atoms with E-state index in [1.807, 2.05) is 0 Å². The van der Waals surface area contributed by atoms with Crippen LogP contribution in [0.1, 0.15) is 102 Å². The number of thiol groups is 1. The molecule has 0 amide bonds. The minimum Gasteiger partial charge on any atom is -0.263 e. The second-order valence-corrected chi connectivity index (χ2v) is 8.15. The highest BCUT2D eigenvalue weighted by molar-refractivity contribution is 7.78. The molecule has 0 aromatic heterocycles. The average molecular weight is 390 g/mol. The van der Waals surface area contributed by atoms with Gasteiger partial charge in [-0.25, -0.2) is 0 Å².